The number of ether oxygens (including phenoxy) is 1. The number of benzene rings is 2. The van der Waals surface area contributed by atoms with Crippen LogP contribution in [0, 0.1) is 12.7 Å². The molecule has 33 heavy (non-hydrogen) atoms. The van der Waals surface area contributed by atoms with Gasteiger partial charge >= 0.3 is 6.09 Å². The molecule has 1 fully saturated rings. The summed E-state index contributed by atoms with van der Waals surface area (Å²) in [6, 6.07) is 20.0. The molecule has 2 aliphatic heterocycles. The summed E-state index contributed by atoms with van der Waals surface area (Å²) in [5.41, 5.74) is 7.18. The predicted molar refractivity (Wildman–Crippen MR) is 125 cm³/mol. The first kappa shape index (κ1) is 20.2. The summed E-state index contributed by atoms with van der Waals surface area (Å²) in [7, 11) is 0. The Morgan fingerprint density at radius 3 is 2.39 bits per heavy atom. The second kappa shape index (κ2) is 7.84. The number of hydrogen-bond donors (Lipinski definition) is 0. The molecule has 1 saturated heterocycles. The fourth-order valence-corrected chi connectivity index (χ4v) is 5.70. The van der Waals surface area contributed by atoms with Gasteiger partial charge in [-0.05, 0) is 66.1 Å². The summed E-state index contributed by atoms with van der Waals surface area (Å²) in [4.78, 5) is 19.5. The Labute approximate surface area is 192 Å². The van der Waals surface area contributed by atoms with Crippen molar-refractivity contribution >= 4 is 11.7 Å². The Morgan fingerprint density at radius 1 is 1.03 bits per heavy atom. The molecule has 0 spiro atoms. The van der Waals surface area contributed by atoms with Crippen molar-refractivity contribution in [2.45, 2.75) is 44.2 Å². The minimum atomic E-state index is -0.293. The van der Waals surface area contributed by atoms with Gasteiger partial charge in [-0.2, -0.15) is 0 Å². The lowest BCUT2D eigenvalue weighted by molar-refractivity contribution is 0.0866. The Morgan fingerprint density at radius 2 is 1.73 bits per heavy atom. The number of carbonyl (C=O) groups is 1. The predicted octanol–water partition coefficient (Wildman–Crippen LogP) is 6.10. The highest BCUT2D eigenvalue weighted by Gasteiger charge is 2.41. The molecule has 3 aliphatic rings. The maximum atomic E-state index is 13.6. The van der Waals surface area contributed by atoms with E-state index in [1.54, 1.807) is 13.0 Å². The first-order chi connectivity index (χ1) is 16.1. The van der Waals surface area contributed by atoms with E-state index in [0.717, 1.165) is 30.5 Å². The summed E-state index contributed by atoms with van der Waals surface area (Å²) in [6.07, 6.45) is 4.44. The highest BCUT2D eigenvalue weighted by Crippen LogP contribution is 2.45. The molecule has 0 saturated carbocycles. The molecular weight excluding hydrogens is 415 g/mol. The highest BCUT2D eigenvalue weighted by molar-refractivity contribution is 5.79. The van der Waals surface area contributed by atoms with Crippen LogP contribution in [0.2, 0.25) is 0 Å². The van der Waals surface area contributed by atoms with Gasteiger partial charge in [-0.15, -0.1) is 0 Å². The lowest BCUT2D eigenvalue weighted by Gasteiger charge is -2.33. The van der Waals surface area contributed by atoms with Crippen LogP contribution in [0.15, 0.2) is 66.7 Å². The number of hydrogen-bond acceptors (Lipinski definition) is 3. The Hall–Kier alpha value is -3.47. The molecule has 5 heteroatoms. The average molecular weight is 441 g/mol. The molecule has 3 heterocycles. The van der Waals surface area contributed by atoms with Gasteiger partial charge in [0.25, 0.3) is 0 Å². The largest absolute Gasteiger partial charge is 0.448 e. The normalized spacial score (nSPS) is 20.9. The first-order valence-corrected chi connectivity index (χ1v) is 11.6. The van der Waals surface area contributed by atoms with Crippen molar-refractivity contribution in [3.63, 3.8) is 0 Å². The van der Waals surface area contributed by atoms with E-state index in [9.17, 15) is 9.18 Å². The average Bonchev–Trinajstić information content (AvgIpc) is 3.30. The molecule has 1 aliphatic carbocycles. The summed E-state index contributed by atoms with van der Waals surface area (Å²) in [6.45, 7) is 2.01. The first-order valence-electron chi connectivity index (χ1n) is 11.6. The van der Waals surface area contributed by atoms with Gasteiger partial charge < -0.3 is 4.74 Å². The third-order valence-electron chi connectivity index (χ3n) is 7.29. The highest BCUT2D eigenvalue weighted by atomic mass is 19.1. The second-order valence-electron chi connectivity index (χ2n) is 9.17. The third kappa shape index (κ3) is 3.34. The SMILES string of the molecule is Cc1nc(C2=CC3CCC(C2)N3C(=O)OCC2c3ccccc3-c3ccccc32)ccc1F. The van der Waals surface area contributed by atoms with Crippen LogP contribution in [0.4, 0.5) is 9.18 Å². The maximum absolute atomic E-state index is 13.6. The van der Waals surface area contributed by atoms with E-state index in [1.807, 2.05) is 17.0 Å². The molecule has 2 bridgehead atoms. The van der Waals surface area contributed by atoms with E-state index in [4.69, 9.17) is 4.74 Å². The number of aromatic nitrogens is 1. The lowest BCUT2D eigenvalue weighted by atomic mass is 9.97. The van der Waals surface area contributed by atoms with E-state index in [1.165, 1.54) is 28.3 Å². The van der Waals surface area contributed by atoms with Gasteiger partial charge in [0.15, 0.2) is 0 Å². The van der Waals surface area contributed by atoms with E-state index < -0.39 is 0 Å². The van der Waals surface area contributed by atoms with Gasteiger partial charge in [0, 0.05) is 12.0 Å². The van der Waals surface area contributed by atoms with Gasteiger partial charge in [0.05, 0.1) is 17.4 Å². The zero-order chi connectivity index (χ0) is 22.5. The fraction of sp³-hybridized carbons (Fsp3) is 0.286. The topological polar surface area (TPSA) is 42.4 Å². The molecule has 2 aromatic carbocycles. The molecule has 1 amide bonds. The molecule has 3 aromatic rings. The van der Waals surface area contributed by atoms with Crippen molar-refractivity contribution in [2.75, 3.05) is 6.61 Å². The van der Waals surface area contributed by atoms with Crippen LogP contribution < -0.4 is 0 Å². The van der Waals surface area contributed by atoms with Gasteiger partial charge in [-0.1, -0.05) is 54.6 Å². The van der Waals surface area contributed by atoms with Crippen LogP contribution in [0.3, 0.4) is 0 Å². The van der Waals surface area contributed by atoms with Crippen LogP contribution in [0.25, 0.3) is 16.7 Å². The van der Waals surface area contributed by atoms with Gasteiger partial charge in [0.1, 0.15) is 12.4 Å². The van der Waals surface area contributed by atoms with Crippen LogP contribution in [-0.2, 0) is 4.74 Å². The van der Waals surface area contributed by atoms with Crippen molar-refractivity contribution in [1.29, 1.82) is 0 Å². The van der Waals surface area contributed by atoms with E-state index in [0.29, 0.717) is 12.3 Å². The number of rotatable bonds is 3. The van der Waals surface area contributed by atoms with Crippen LogP contribution in [-0.4, -0.2) is 34.7 Å². The summed E-state index contributed by atoms with van der Waals surface area (Å²) >= 11 is 0. The van der Waals surface area contributed by atoms with Crippen molar-refractivity contribution in [1.82, 2.24) is 9.88 Å². The smallest absolute Gasteiger partial charge is 0.410 e. The summed E-state index contributed by atoms with van der Waals surface area (Å²) in [5.74, 6) is -0.236. The van der Waals surface area contributed by atoms with Crippen LogP contribution >= 0.6 is 0 Å². The number of halogens is 1. The van der Waals surface area contributed by atoms with Crippen molar-refractivity contribution in [2.24, 2.45) is 0 Å². The standard InChI is InChI=1S/C28H25FN2O2/c1-17-26(29)12-13-27(30-17)18-14-19-10-11-20(15-18)31(19)28(32)33-16-25-23-8-4-2-6-21(23)22-7-3-5-9-24(22)25/h2-9,12-14,19-20,25H,10-11,15-16H2,1H3. The minimum Gasteiger partial charge on any atom is -0.448 e. The molecule has 6 rings (SSSR count). The summed E-state index contributed by atoms with van der Waals surface area (Å²) < 4.78 is 19.6. The zero-order valence-electron chi connectivity index (χ0n) is 18.5. The Balaban J connectivity index is 1.20. The molecule has 166 valence electrons. The second-order valence-corrected chi connectivity index (χ2v) is 9.17. The van der Waals surface area contributed by atoms with Crippen molar-refractivity contribution < 1.29 is 13.9 Å². The molecule has 0 radical (unpaired) electrons. The monoisotopic (exact) mass is 440 g/mol. The molecule has 4 nitrogen and oxygen atoms in total. The van der Waals surface area contributed by atoms with Gasteiger partial charge in [0.2, 0.25) is 0 Å². The summed E-state index contributed by atoms with van der Waals surface area (Å²) in [5, 5.41) is 0. The van der Waals surface area contributed by atoms with Crippen molar-refractivity contribution in [3.05, 3.63) is 95.1 Å². The quantitative estimate of drug-likeness (QED) is 0.494. The molecule has 1 aromatic heterocycles. The van der Waals surface area contributed by atoms with E-state index in [-0.39, 0.29) is 29.9 Å². The minimum absolute atomic E-state index is 0.00144. The number of fused-ring (bicyclic) bond motifs is 5. The number of aryl methyl sites for hydroxylation is 1. The zero-order valence-corrected chi connectivity index (χ0v) is 18.5. The maximum Gasteiger partial charge on any atom is 0.410 e. The van der Waals surface area contributed by atoms with E-state index in [2.05, 4.69) is 47.5 Å². The number of amides is 1. The molecule has 2 unspecified atom stereocenters. The fourth-order valence-electron chi connectivity index (χ4n) is 5.70. The Bertz CT molecular complexity index is 1240. The number of pyridine rings is 1. The molecule has 2 atom stereocenters. The Kier molecular flexibility index (Phi) is 4.79. The van der Waals surface area contributed by atoms with Crippen molar-refractivity contribution in [3.8, 4) is 11.1 Å². The van der Waals surface area contributed by atoms with Crippen LogP contribution in [0.1, 0.15) is 47.7 Å². The van der Waals surface area contributed by atoms with Crippen LogP contribution in [0.5, 0.6) is 0 Å². The van der Waals surface area contributed by atoms with Gasteiger partial charge in [-0.3, -0.25) is 9.88 Å². The number of nitrogens with zero attached hydrogens (tertiary/aromatic N) is 2. The molecule has 0 N–H and O–H groups in total. The molecular formula is C28H25FN2O2. The third-order valence-corrected chi connectivity index (χ3v) is 7.29. The van der Waals surface area contributed by atoms with Gasteiger partial charge in [-0.25, -0.2) is 9.18 Å². The van der Waals surface area contributed by atoms with E-state index >= 15 is 0 Å². The number of carbonyl (C=O) groups excluding carboxylic acids is 1. The lowest BCUT2D eigenvalue weighted by Crippen LogP contribution is -2.43.